The first-order chi connectivity index (χ1) is 11.8. The number of carbonyl (C=O) groups is 1. The van der Waals surface area contributed by atoms with E-state index in [1.807, 2.05) is 42.5 Å². The number of thiophene rings is 1. The molecule has 1 aliphatic rings. The van der Waals surface area contributed by atoms with Gasteiger partial charge in [0, 0.05) is 18.8 Å². The van der Waals surface area contributed by atoms with Gasteiger partial charge in [-0.25, -0.2) is 0 Å². The van der Waals surface area contributed by atoms with Gasteiger partial charge in [-0.2, -0.15) is 0 Å². The van der Waals surface area contributed by atoms with E-state index < -0.39 is 0 Å². The van der Waals surface area contributed by atoms with Gasteiger partial charge >= 0.3 is 0 Å². The van der Waals surface area contributed by atoms with Crippen LogP contribution in [-0.2, 0) is 13.0 Å². The Morgan fingerprint density at radius 3 is 2.67 bits per heavy atom. The minimum Gasteiger partial charge on any atom is -0.347 e. The van der Waals surface area contributed by atoms with Crippen molar-refractivity contribution in [3.05, 3.63) is 82.7 Å². The summed E-state index contributed by atoms with van der Waals surface area (Å²) in [5, 5.41) is 4.12. The lowest BCUT2D eigenvalue weighted by molar-refractivity contribution is 0.0955. The maximum atomic E-state index is 12.4. The van der Waals surface area contributed by atoms with Crippen molar-refractivity contribution >= 4 is 27.9 Å². The van der Waals surface area contributed by atoms with Crippen LogP contribution < -0.4 is 10.2 Å². The molecule has 2 aromatic carbocycles. The van der Waals surface area contributed by atoms with Gasteiger partial charge in [0.2, 0.25) is 0 Å². The Kier molecular flexibility index (Phi) is 4.05. The topological polar surface area (TPSA) is 32.3 Å². The molecule has 0 bridgehead atoms. The second-order valence-corrected chi connectivity index (χ2v) is 6.90. The average Bonchev–Trinajstić information content (AvgIpc) is 3.27. The zero-order chi connectivity index (χ0) is 16.4. The molecule has 0 saturated heterocycles. The largest absolute Gasteiger partial charge is 0.347 e. The molecule has 0 aliphatic carbocycles. The summed E-state index contributed by atoms with van der Waals surface area (Å²) < 4.78 is 0. The molecule has 120 valence electrons. The highest BCUT2D eigenvalue weighted by molar-refractivity contribution is 7.18. The fourth-order valence-electron chi connectivity index (χ4n) is 3.03. The number of hydrogen-bond donors (Lipinski definition) is 1. The van der Waals surface area contributed by atoms with E-state index in [-0.39, 0.29) is 5.91 Å². The molecule has 24 heavy (non-hydrogen) atoms. The van der Waals surface area contributed by atoms with Crippen molar-refractivity contribution in [3.8, 4) is 0 Å². The van der Waals surface area contributed by atoms with Gasteiger partial charge in [-0.3, -0.25) is 4.79 Å². The summed E-state index contributed by atoms with van der Waals surface area (Å²) in [6.07, 6.45) is 1.06. The van der Waals surface area contributed by atoms with Crippen molar-refractivity contribution in [2.75, 3.05) is 11.4 Å². The van der Waals surface area contributed by atoms with Crippen molar-refractivity contribution in [3.63, 3.8) is 0 Å². The van der Waals surface area contributed by atoms with Gasteiger partial charge in [0.1, 0.15) is 0 Å². The molecule has 1 aliphatic heterocycles. The van der Waals surface area contributed by atoms with Crippen LogP contribution in [0, 0.1) is 0 Å². The van der Waals surface area contributed by atoms with Crippen LogP contribution in [0.1, 0.15) is 20.8 Å². The average molecular weight is 334 g/mol. The molecule has 0 atom stereocenters. The first-order valence-electron chi connectivity index (χ1n) is 8.09. The third-order valence-electron chi connectivity index (χ3n) is 4.26. The van der Waals surface area contributed by atoms with E-state index in [0.717, 1.165) is 28.4 Å². The third-order valence-corrected chi connectivity index (χ3v) is 5.37. The Morgan fingerprint density at radius 1 is 1.00 bits per heavy atom. The van der Waals surface area contributed by atoms with Crippen LogP contribution in [0.25, 0.3) is 0 Å². The second kappa shape index (κ2) is 6.49. The van der Waals surface area contributed by atoms with Crippen molar-refractivity contribution in [2.45, 2.75) is 13.0 Å². The van der Waals surface area contributed by atoms with Gasteiger partial charge in [-0.05, 0) is 35.7 Å². The number of rotatable bonds is 4. The van der Waals surface area contributed by atoms with E-state index in [1.165, 1.54) is 11.3 Å². The van der Waals surface area contributed by atoms with Gasteiger partial charge in [-0.1, -0.05) is 48.5 Å². The van der Waals surface area contributed by atoms with E-state index >= 15 is 0 Å². The first kappa shape index (κ1) is 15.0. The molecule has 0 saturated carbocycles. The number of hydrogen-bond acceptors (Lipinski definition) is 3. The zero-order valence-electron chi connectivity index (χ0n) is 13.2. The van der Waals surface area contributed by atoms with Crippen LogP contribution >= 0.6 is 11.3 Å². The number of fused-ring (bicyclic) bond motifs is 1. The molecule has 3 nitrogen and oxygen atoms in total. The van der Waals surface area contributed by atoms with Gasteiger partial charge < -0.3 is 10.2 Å². The molecule has 0 fully saturated rings. The maximum absolute atomic E-state index is 12.4. The van der Waals surface area contributed by atoms with Crippen molar-refractivity contribution in [2.24, 2.45) is 0 Å². The van der Waals surface area contributed by atoms with Crippen molar-refractivity contribution in [1.82, 2.24) is 5.32 Å². The van der Waals surface area contributed by atoms with Crippen LogP contribution in [0.5, 0.6) is 0 Å². The first-order valence-corrected chi connectivity index (χ1v) is 8.90. The fourth-order valence-corrected chi connectivity index (χ4v) is 3.99. The lowest BCUT2D eigenvalue weighted by Crippen LogP contribution is -2.21. The van der Waals surface area contributed by atoms with Crippen LogP contribution in [0.4, 0.5) is 10.7 Å². The number of nitrogens with one attached hydrogen (secondary N) is 1. The number of para-hydroxylation sites is 1. The Balaban J connectivity index is 1.46. The summed E-state index contributed by atoms with van der Waals surface area (Å²) in [4.78, 5) is 15.4. The molecule has 2 heterocycles. The lowest BCUT2D eigenvalue weighted by atomic mass is 10.2. The van der Waals surface area contributed by atoms with Crippen LogP contribution in [0.3, 0.4) is 0 Å². The molecule has 0 spiro atoms. The Labute approximate surface area is 145 Å². The summed E-state index contributed by atoms with van der Waals surface area (Å²) in [5.41, 5.74) is 3.74. The highest BCUT2D eigenvalue weighted by Crippen LogP contribution is 2.37. The normalized spacial score (nSPS) is 12.9. The van der Waals surface area contributed by atoms with Crippen molar-refractivity contribution in [1.29, 1.82) is 0 Å². The quantitative estimate of drug-likeness (QED) is 0.768. The minimum atomic E-state index is -0.0115. The molecule has 4 rings (SSSR count). The molecule has 1 amide bonds. The molecular formula is C20H18N2OS. The Hall–Kier alpha value is -2.59. The molecule has 4 heteroatoms. The van der Waals surface area contributed by atoms with E-state index in [4.69, 9.17) is 0 Å². The predicted octanol–water partition coefficient (Wildman–Crippen LogP) is 4.37. The number of amides is 1. The minimum absolute atomic E-state index is 0.0115. The van der Waals surface area contributed by atoms with Gasteiger partial charge in [0.05, 0.1) is 9.88 Å². The highest BCUT2D eigenvalue weighted by atomic mass is 32.1. The van der Waals surface area contributed by atoms with Crippen LogP contribution in [0.2, 0.25) is 0 Å². The van der Waals surface area contributed by atoms with Crippen LogP contribution in [0.15, 0.2) is 66.7 Å². The monoisotopic (exact) mass is 334 g/mol. The smallest absolute Gasteiger partial charge is 0.261 e. The predicted molar refractivity (Wildman–Crippen MR) is 99.1 cm³/mol. The maximum Gasteiger partial charge on any atom is 0.261 e. The lowest BCUT2D eigenvalue weighted by Gasteiger charge is -2.16. The Bertz CT molecular complexity index is 857. The van der Waals surface area contributed by atoms with Gasteiger partial charge in [0.25, 0.3) is 5.91 Å². The Morgan fingerprint density at radius 2 is 1.79 bits per heavy atom. The van der Waals surface area contributed by atoms with E-state index in [9.17, 15) is 4.79 Å². The molecule has 0 radical (unpaired) electrons. The number of benzene rings is 2. The van der Waals surface area contributed by atoms with E-state index in [2.05, 4.69) is 34.5 Å². The van der Waals surface area contributed by atoms with Gasteiger partial charge in [-0.15, -0.1) is 11.3 Å². The third kappa shape index (κ3) is 2.93. The summed E-state index contributed by atoms with van der Waals surface area (Å²) in [6, 6.07) is 22.4. The highest BCUT2D eigenvalue weighted by Gasteiger charge is 2.21. The molecule has 1 aromatic heterocycles. The second-order valence-electron chi connectivity index (χ2n) is 5.84. The van der Waals surface area contributed by atoms with Gasteiger partial charge in [0.15, 0.2) is 0 Å². The summed E-state index contributed by atoms with van der Waals surface area (Å²) >= 11 is 1.55. The summed E-state index contributed by atoms with van der Waals surface area (Å²) in [5.74, 6) is -0.0115. The summed E-state index contributed by atoms with van der Waals surface area (Å²) in [6.45, 7) is 1.53. The number of nitrogens with zero attached hydrogens (tertiary/aromatic N) is 1. The van der Waals surface area contributed by atoms with E-state index in [0.29, 0.717) is 6.54 Å². The SMILES string of the molecule is O=C(NCc1ccccc1)c1ccc(N2CCc3ccccc32)s1. The molecular weight excluding hydrogens is 316 g/mol. The number of carbonyl (C=O) groups excluding carboxylic acids is 1. The molecule has 0 unspecified atom stereocenters. The van der Waals surface area contributed by atoms with Crippen molar-refractivity contribution < 1.29 is 4.79 Å². The summed E-state index contributed by atoms with van der Waals surface area (Å²) in [7, 11) is 0. The van der Waals surface area contributed by atoms with Crippen LogP contribution in [-0.4, -0.2) is 12.5 Å². The van der Waals surface area contributed by atoms with E-state index in [1.54, 1.807) is 11.3 Å². The standard InChI is InChI=1S/C20H18N2OS/c23-20(21-14-15-6-2-1-3-7-15)18-10-11-19(24-18)22-13-12-16-8-4-5-9-17(16)22/h1-11H,12-14H2,(H,21,23). The fraction of sp³-hybridized carbons (Fsp3) is 0.150. The number of anilines is 2. The molecule has 1 N–H and O–H groups in total. The zero-order valence-corrected chi connectivity index (χ0v) is 14.1. The molecule has 3 aromatic rings.